The molecule has 0 radical (unpaired) electrons. The van der Waals surface area contributed by atoms with Crippen molar-refractivity contribution in [1.29, 1.82) is 0 Å². The second-order valence-electron chi connectivity index (χ2n) is 4.35. The standard InChI is InChI=1S/C9H17N5S/c1-6-4-14(5-7(6)13(2)3)9-11-8(10)12-15-9/h6-7H,4-5H2,1-3H3,(H2,10,12). The maximum Gasteiger partial charge on any atom is 0.233 e. The summed E-state index contributed by atoms with van der Waals surface area (Å²) >= 11 is 1.38. The van der Waals surface area contributed by atoms with Crippen LogP contribution in [0.4, 0.5) is 11.1 Å². The summed E-state index contributed by atoms with van der Waals surface area (Å²) in [7, 11) is 4.25. The van der Waals surface area contributed by atoms with Gasteiger partial charge in [-0.05, 0) is 20.0 Å². The first-order valence-electron chi connectivity index (χ1n) is 5.08. The number of nitrogen functional groups attached to an aromatic ring is 1. The summed E-state index contributed by atoms with van der Waals surface area (Å²) in [4.78, 5) is 8.75. The maximum absolute atomic E-state index is 5.53. The third kappa shape index (κ3) is 2.05. The first-order chi connectivity index (χ1) is 7.08. The highest BCUT2D eigenvalue weighted by atomic mass is 32.1. The zero-order valence-electron chi connectivity index (χ0n) is 9.34. The van der Waals surface area contributed by atoms with E-state index in [-0.39, 0.29) is 0 Å². The van der Waals surface area contributed by atoms with Gasteiger partial charge in [0.05, 0.1) is 0 Å². The molecule has 0 aromatic carbocycles. The lowest BCUT2D eigenvalue weighted by Crippen LogP contribution is -2.34. The number of nitrogens with two attached hydrogens (primary N) is 1. The zero-order valence-corrected chi connectivity index (χ0v) is 10.2. The molecule has 84 valence electrons. The molecule has 1 aliphatic rings. The summed E-state index contributed by atoms with van der Waals surface area (Å²) in [6.45, 7) is 4.33. The highest BCUT2D eigenvalue weighted by molar-refractivity contribution is 7.09. The molecule has 1 aromatic rings. The Morgan fingerprint density at radius 2 is 2.20 bits per heavy atom. The van der Waals surface area contributed by atoms with Crippen molar-refractivity contribution in [2.24, 2.45) is 5.92 Å². The first-order valence-corrected chi connectivity index (χ1v) is 5.86. The van der Waals surface area contributed by atoms with Crippen molar-refractivity contribution in [2.75, 3.05) is 37.8 Å². The molecular formula is C9H17N5S. The van der Waals surface area contributed by atoms with Gasteiger partial charge in [0.25, 0.3) is 0 Å². The predicted molar refractivity (Wildman–Crippen MR) is 63.2 cm³/mol. The van der Waals surface area contributed by atoms with Gasteiger partial charge in [0.15, 0.2) is 0 Å². The van der Waals surface area contributed by atoms with E-state index in [1.165, 1.54) is 11.5 Å². The van der Waals surface area contributed by atoms with Crippen LogP contribution in [0.3, 0.4) is 0 Å². The van der Waals surface area contributed by atoms with E-state index < -0.39 is 0 Å². The first kappa shape index (κ1) is 10.6. The highest BCUT2D eigenvalue weighted by Gasteiger charge is 2.32. The Balaban J connectivity index is 2.09. The molecule has 2 atom stereocenters. The Morgan fingerprint density at radius 3 is 2.67 bits per heavy atom. The fourth-order valence-electron chi connectivity index (χ4n) is 2.13. The SMILES string of the molecule is CC1CN(c2nc(N)ns2)CC1N(C)C. The van der Waals surface area contributed by atoms with E-state index in [0.29, 0.717) is 17.9 Å². The van der Waals surface area contributed by atoms with Crippen LogP contribution in [-0.4, -0.2) is 47.5 Å². The Hall–Kier alpha value is -0.880. The topological polar surface area (TPSA) is 58.3 Å². The third-order valence-corrected chi connectivity index (χ3v) is 3.73. The average Bonchev–Trinajstić information content (AvgIpc) is 2.71. The molecule has 2 N–H and O–H groups in total. The Labute approximate surface area is 94.1 Å². The maximum atomic E-state index is 5.53. The van der Waals surface area contributed by atoms with Gasteiger partial charge in [-0.2, -0.15) is 9.36 Å². The summed E-state index contributed by atoms with van der Waals surface area (Å²) in [6, 6.07) is 0.593. The normalized spacial score (nSPS) is 26.5. The van der Waals surface area contributed by atoms with Gasteiger partial charge in [0.2, 0.25) is 11.1 Å². The van der Waals surface area contributed by atoms with Gasteiger partial charge in [-0.1, -0.05) is 6.92 Å². The molecule has 0 bridgehead atoms. The van der Waals surface area contributed by atoms with E-state index >= 15 is 0 Å². The van der Waals surface area contributed by atoms with E-state index in [0.717, 1.165) is 18.2 Å². The largest absolute Gasteiger partial charge is 0.367 e. The molecule has 1 aliphatic heterocycles. The highest BCUT2D eigenvalue weighted by Crippen LogP contribution is 2.27. The van der Waals surface area contributed by atoms with Gasteiger partial charge < -0.3 is 15.5 Å². The minimum absolute atomic E-state index is 0.385. The lowest BCUT2D eigenvalue weighted by Gasteiger charge is -2.22. The fourth-order valence-corrected chi connectivity index (χ4v) is 2.75. The smallest absolute Gasteiger partial charge is 0.233 e. The number of anilines is 2. The molecule has 0 aliphatic carbocycles. The van der Waals surface area contributed by atoms with E-state index in [1.807, 2.05) is 0 Å². The van der Waals surface area contributed by atoms with Crippen molar-refractivity contribution >= 4 is 22.6 Å². The van der Waals surface area contributed by atoms with Crippen LogP contribution in [0.25, 0.3) is 0 Å². The van der Waals surface area contributed by atoms with Gasteiger partial charge in [0, 0.05) is 30.7 Å². The van der Waals surface area contributed by atoms with E-state index in [9.17, 15) is 0 Å². The molecule has 1 fully saturated rings. The van der Waals surface area contributed by atoms with Gasteiger partial charge in [-0.15, -0.1) is 0 Å². The quantitative estimate of drug-likeness (QED) is 0.797. The molecule has 2 unspecified atom stereocenters. The van der Waals surface area contributed by atoms with Crippen molar-refractivity contribution < 1.29 is 0 Å². The van der Waals surface area contributed by atoms with Crippen LogP contribution in [-0.2, 0) is 0 Å². The molecule has 0 saturated carbocycles. The van der Waals surface area contributed by atoms with Crippen molar-refractivity contribution in [2.45, 2.75) is 13.0 Å². The summed E-state index contributed by atoms with van der Waals surface area (Å²) < 4.78 is 4.01. The minimum atomic E-state index is 0.385. The van der Waals surface area contributed by atoms with Crippen molar-refractivity contribution in [3.8, 4) is 0 Å². The van der Waals surface area contributed by atoms with Crippen LogP contribution in [0, 0.1) is 5.92 Å². The molecule has 1 saturated heterocycles. The minimum Gasteiger partial charge on any atom is -0.367 e. The van der Waals surface area contributed by atoms with Crippen molar-refractivity contribution in [3.63, 3.8) is 0 Å². The lowest BCUT2D eigenvalue weighted by atomic mass is 10.1. The Morgan fingerprint density at radius 1 is 1.47 bits per heavy atom. The third-order valence-electron chi connectivity index (χ3n) is 2.94. The zero-order chi connectivity index (χ0) is 11.0. The van der Waals surface area contributed by atoms with E-state index in [2.05, 4.69) is 40.2 Å². The van der Waals surface area contributed by atoms with Crippen LogP contribution >= 0.6 is 11.5 Å². The molecule has 6 heteroatoms. The molecule has 5 nitrogen and oxygen atoms in total. The summed E-state index contributed by atoms with van der Waals surface area (Å²) in [5.41, 5.74) is 5.53. The molecule has 0 amide bonds. The molecule has 0 spiro atoms. The summed E-state index contributed by atoms with van der Waals surface area (Å²) in [6.07, 6.45) is 0. The number of rotatable bonds is 2. The van der Waals surface area contributed by atoms with Crippen LogP contribution < -0.4 is 10.6 Å². The van der Waals surface area contributed by atoms with Crippen molar-refractivity contribution in [1.82, 2.24) is 14.3 Å². The molecular weight excluding hydrogens is 210 g/mol. The fraction of sp³-hybridized carbons (Fsp3) is 0.778. The number of hydrogen-bond acceptors (Lipinski definition) is 6. The van der Waals surface area contributed by atoms with Crippen molar-refractivity contribution in [3.05, 3.63) is 0 Å². The monoisotopic (exact) mass is 227 g/mol. The lowest BCUT2D eigenvalue weighted by molar-refractivity contribution is 0.266. The number of aromatic nitrogens is 2. The molecule has 1 aromatic heterocycles. The van der Waals surface area contributed by atoms with E-state index in [4.69, 9.17) is 5.73 Å². The number of nitrogens with zero attached hydrogens (tertiary/aromatic N) is 4. The molecule has 15 heavy (non-hydrogen) atoms. The molecule has 2 heterocycles. The molecule has 2 rings (SSSR count). The number of likely N-dealkylation sites (N-methyl/N-ethyl adjacent to an activating group) is 1. The summed E-state index contributed by atoms with van der Waals surface area (Å²) in [5, 5.41) is 0.948. The van der Waals surface area contributed by atoms with Crippen LogP contribution in [0.15, 0.2) is 0 Å². The number of hydrogen-bond donors (Lipinski definition) is 1. The predicted octanol–water partition coefficient (Wildman–Crippen LogP) is 0.507. The summed E-state index contributed by atoms with van der Waals surface area (Å²) in [5.74, 6) is 1.04. The Bertz CT molecular complexity index is 337. The Kier molecular flexibility index (Phi) is 2.79. The van der Waals surface area contributed by atoms with E-state index in [1.54, 1.807) is 0 Å². The van der Waals surface area contributed by atoms with Gasteiger partial charge >= 0.3 is 0 Å². The van der Waals surface area contributed by atoms with Gasteiger partial charge in [0.1, 0.15) is 0 Å². The second kappa shape index (κ2) is 3.94. The van der Waals surface area contributed by atoms with Gasteiger partial charge in [-0.25, -0.2) is 0 Å². The van der Waals surface area contributed by atoms with Gasteiger partial charge in [-0.3, -0.25) is 0 Å². The van der Waals surface area contributed by atoms with Crippen LogP contribution in [0.1, 0.15) is 6.92 Å². The van der Waals surface area contributed by atoms with Crippen LogP contribution in [0.2, 0.25) is 0 Å². The second-order valence-corrected chi connectivity index (χ2v) is 5.08. The average molecular weight is 227 g/mol. The van der Waals surface area contributed by atoms with Crippen LogP contribution in [0.5, 0.6) is 0 Å².